The molecule has 28 heavy (non-hydrogen) atoms. The predicted octanol–water partition coefficient (Wildman–Crippen LogP) is 5.09. The Morgan fingerprint density at radius 2 is 1.71 bits per heavy atom. The number of carbonyl (C=O) groups is 1. The van der Waals surface area contributed by atoms with E-state index in [9.17, 15) is 4.79 Å². The maximum Gasteiger partial charge on any atom is 0.262 e. The third-order valence-electron chi connectivity index (χ3n) is 5.39. The molecule has 1 aliphatic heterocycles. The van der Waals surface area contributed by atoms with Crippen LogP contribution in [0.25, 0.3) is 10.8 Å². The molecule has 144 valence electrons. The van der Waals surface area contributed by atoms with Crippen molar-refractivity contribution in [2.24, 2.45) is 5.92 Å². The number of carbonyl (C=O) groups excluding carboxylic acids is 1. The lowest BCUT2D eigenvalue weighted by atomic mass is 9.99. The van der Waals surface area contributed by atoms with Crippen LogP contribution in [0.2, 0.25) is 0 Å². The molecule has 1 saturated heterocycles. The molecule has 1 heterocycles. The van der Waals surface area contributed by atoms with Crippen LogP contribution in [0.1, 0.15) is 19.8 Å². The first kappa shape index (κ1) is 18.4. The molecule has 4 nitrogen and oxygen atoms in total. The fourth-order valence-electron chi connectivity index (χ4n) is 3.63. The topological polar surface area (TPSA) is 41.6 Å². The lowest BCUT2D eigenvalue weighted by molar-refractivity contribution is -0.118. The second-order valence-electron chi connectivity index (χ2n) is 7.56. The van der Waals surface area contributed by atoms with Crippen LogP contribution in [0.4, 0.5) is 11.4 Å². The molecular formula is C24H26N2O2. The largest absolute Gasteiger partial charge is 0.484 e. The summed E-state index contributed by atoms with van der Waals surface area (Å²) in [7, 11) is 0. The first-order valence-electron chi connectivity index (χ1n) is 9.94. The molecule has 0 atom stereocenters. The zero-order chi connectivity index (χ0) is 19.3. The van der Waals surface area contributed by atoms with Crippen LogP contribution < -0.4 is 15.0 Å². The summed E-state index contributed by atoms with van der Waals surface area (Å²) in [6, 6.07) is 22.0. The molecule has 4 rings (SSSR count). The van der Waals surface area contributed by atoms with Gasteiger partial charge in [0.2, 0.25) is 0 Å². The van der Waals surface area contributed by atoms with Gasteiger partial charge in [-0.25, -0.2) is 0 Å². The molecule has 1 N–H and O–H groups in total. The van der Waals surface area contributed by atoms with Gasteiger partial charge in [0, 0.05) is 24.5 Å². The Bertz CT molecular complexity index is 944. The van der Waals surface area contributed by atoms with Gasteiger partial charge in [-0.3, -0.25) is 4.79 Å². The maximum absolute atomic E-state index is 12.2. The van der Waals surface area contributed by atoms with Gasteiger partial charge in [-0.15, -0.1) is 0 Å². The zero-order valence-electron chi connectivity index (χ0n) is 16.2. The Morgan fingerprint density at radius 3 is 2.46 bits per heavy atom. The molecule has 1 aliphatic rings. The number of rotatable bonds is 5. The van der Waals surface area contributed by atoms with Gasteiger partial charge in [0.1, 0.15) is 5.75 Å². The van der Waals surface area contributed by atoms with Crippen molar-refractivity contribution in [3.05, 3.63) is 66.7 Å². The standard InChI is InChI=1S/C24H26N2O2/c1-18-12-14-26(15-13-18)22-9-7-21(8-10-22)25-24(27)17-28-23-11-6-19-4-2-3-5-20(19)16-23/h2-11,16,18H,12-15,17H2,1H3,(H,25,27). The van der Waals surface area contributed by atoms with Gasteiger partial charge in [-0.1, -0.05) is 37.3 Å². The number of anilines is 2. The monoisotopic (exact) mass is 374 g/mol. The van der Waals surface area contributed by atoms with Crippen molar-refractivity contribution in [2.45, 2.75) is 19.8 Å². The Kier molecular flexibility index (Phi) is 5.47. The minimum atomic E-state index is -0.160. The van der Waals surface area contributed by atoms with E-state index in [0.717, 1.165) is 35.5 Å². The Hall–Kier alpha value is -3.01. The fourth-order valence-corrected chi connectivity index (χ4v) is 3.63. The van der Waals surface area contributed by atoms with Crippen LogP contribution in [0.15, 0.2) is 66.7 Å². The number of hydrogen-bond acceptors (Lipinski definition) is 3. The number of hydrogen-bond donors (Lipinski definition) is 1. The molecule has 1 amide bonds. The van der Waals surface area contributed by atoms with E-state index in [1.54, 1.807) is 0 Å². The number of benzene rings is 3. The van der Waals surface area contributed by atoms with Crippen LogP contribution >= 0.6 is 0 Å². The van der Waals surface area contributed by atoms with Crippen molar-refractivity contribution < 1.29 is 9.53 Å². The van der Waals surface area contributed by atoms with E-state index >= 15 is 0 Å². The number of fused-ring (bicyclic) bond motifs is 1. The SMILES string of the molecule is CC1CCN(c2ccc(NC(=O)COc3ccc4ccccc4c3)cc2)CC1. The Morgan fingerprint density at radius 1 is 1.00 bits per heavy atom. The molecule has 3 aromatic carbocycles. The number of nitrogens with zero attached hydrogens (tertiary/aromatic N) is 1. The van der Waals surface area contributed by atoms with E-state index in [4.69, 9.17) is 4.74 Å². The van der Waals surface area contributed by atoms with Crippen molar-refractivity contribution in [3.63, 3.8) is 0 Å². The summed E-state index contributed by atoms with van der Waals surface area (Å²) in [5.41, 5.74) is 2.01. The molecule has 0 aliphatic carbocycles. The summed E-state index contributed by atoms with van der Waals surface area (Å²) in [6.45, 7) is 4.51. The molecule has 0 radical (unpaired) electrons. The summed E-state index contributed by atoms with van der Waals surface area (Å²) in [5.74, 6) is 1.36. The molecule has 0 bridgehead atoms. The summed E-state index contributed by atoms with van der Waals surface area (Å²) in [6.07, 6.45) is 2.48. The number of nitrogens with one attached hydrogen (secondary N) is 1. The van der Waals surface area contributed by atoms with Crippen molar-refractivity contribution >= 4 is 28.1 Å². The third kappa shape index (κ3) is 4.45. The third-order valence-corrected chi connectivity index (χ3v) is 5.39. The fraction of sp³-hybridized carbons (Fsp3) is 0.292. The van der Waals surface area contributed by atoms with Crippen LogP contribution in [0, 0.1) is 5.92 Å². The molecule has 4 heteroatoms. The Labute approximate surface area is 166 Å². The number of ether oxygens (including phenoxy) is 1. The van der Waals surface area contributed by atoms with Crippen LogP contribution in [-0.2, 0) is 4.79 Å². The second-order valence-corrected chi connectivity index (χ2v) is 7.56. The molecule has 0 saturated carbocycles. The van der Waals surface area contributed by atoms with Gasteiger partial charge >= 0.3 is 0 Å². The highest BCUT2D eigenvalue weighted by Gasteiger charge is 2.16. The minimum Gasteiger partial charge on any atom is -0.484 e. The molecule has 3 aromatic rings. The van der Waals surface area contributed by atoms with Crippen molar-refractivity contribution in [2.75, 3.05) is 29.9 Å². The highest BCUT2D eigenvalue weighted by atomic mass is 16.5. The highest BCUT2D eigenvalue weighted by molar-refractivity contribution is 5.92. The summed E-state index contributed by atoms with van der Waals surface area (Å²) in [4.78, 5) is 14.6. The predicted molar refractivity (Wildman–Crippen MR) is 115 cm³/mol. The van der Waals surface area contributed by atoms with E-state index in [0.29, 0.717) is 5.75 Å². The van der Waals surface area contributed by atoms with Gasteiger partial charge in [0.15, 0.2) is 6.61 Å². The van der Waals surface area contributed by atoms with Gasteiger partial charge in [-0.2, -0.15) is 0 Å². The first-order chi connectivity index (χ1) is 13.7. The molecule has 0 spiro atoms. The van der Waals surface area contributed by atoms with Crippen molar-refractivity contribution in [1.29, 1.82) is 0 Å². The van der Waals surface area contributed by atoms with Crippen molar-refractivity contribution in [3.8, 4) is 5.75 Å². The Balaban J connectivity index is 1.30. The highest BCUT2D eigenvalue weighted by Crippen LogP contribution is 2.24. The van der Waals surface area contributed by atoms with E-state index in [1.807, 2.05) is 48.5 Å². The molecule has 0 unspecified atom stereocenters. The molecule has 1 fully saturated rings. The van der Waals surface area contributed by atoms with Gasteiger partial charge < -0.3 is 15.0 Å². The van der Waals surface area contributed by atoms with E-state index in [-0.39, 0.29) is 12.5 Å². The number of piperidine rings is 1. The second kappa shape index (κ2) is 8.34. The first-order valence-corrected chi connectivity index (χ1v) is 9.94. The zero-order valence-corrected chi connectivity index (χ0v) is 16.2. The smallest absolute Gasteiger partial charge is 0.262 e. The molecule has 0 aromatic heterocycles. The van der Waals surface area contributed by atoms with Crippen molar-refractivity contribution in [1.82, 2.24) is 0 Å². The lowest BCUT2D eigenvalue weighted by Gasteiger charge is -2.32. The van der Waals surface area contributed by atoms with Crippen LogP contribution in [-0.4, -0.2) is 25.6 Å². The van der Waals surface area contributed by atoms with E-state index < -0.39 is 0 Å². The average molecular weight is 374 g/mol. The summed E-state index contributed by atoms with van der Waals surface area (Å²) >= 11 is 0. The van der Waals surface area contributed by atoms with Gasteiger partial charge in [0.25, 0.3) is 5.91 Å². The maximum atomic E-state index is 12.2. The van der Waals surface area contributed by atoms with Gasteiger partial charge in [0.05, 0.1) is 0 Å². The van der Waals surface area contributed by atoms with Gasteiger partial charge in [-0.05, 0) is 65.9 Å². The average Bonchev–Trinajstić information content (AvgIpc) is 2.73. The molecular weight excluding hydrogens is 348 g/mol. The van der Waals surface area contributed by atoms with E-state index in [1.165, 1.54) is 18.5 Å². The van der Waals surface area contributed by atoms with E-state index in [2.05, 4.69) is 35.3 Å². The van der Waals surface area contributed by atoms with Crippen LogP contribution in [0.3, 0.4) is 0 Å². The lowest BCUT2D eigenvalue weighted by Crippen LogP contribution is -2.32. The summed E-state index contributed by atoms with van der Waals surface area (Å²) in [5, 5.41) is 5.16. The normalized spacial score (nSPS) is 14.8. The van der Waals surface area contributed by atoms with Crippen LogP contribution in [0.5, 0.6) is 5.75 Å². The minimum absolute atomic E-state index is 0.00982. The quantitative estimate of drug-likeness (QED) is 0.676. The number of amides is 1. The summed E-state index contributed by atoms with van der Waals surface area (Å²) < 4.78 is 5.66.